The van der Waals surface area contributed by atoms with Crippen molar-refractivity contribution in [2.75, 3.05) is 12.8 Å². The van der Waals surface area contributed by atoms with Gasteiger partial charge in [-0.2, -0.15) is 11.8 Å². The van der Waals surface area contributed by atoms with Crippen LogP contribution in [-0.2, 0) is 13.5 Å². The van der Waals surface area contributed by atoms with Crippen molar-refractivity contribution >= 4 is 11.8 Å². The molecule has 1 aliphatic rings. The highest BCUT2D eigenvalue weighted by Gasteiger charge is 2.36. The van der Waals surface area contributed by atoms with Crippen LogP contribution in [0.1, 0.15) is 32.0 Å². The predicted octanol–water partition coefficient (Wildman–Crippen LogP) is 2.23. The van der Waals surface area contributed by atoms with Gasteiger partial charge in [0.1, 0.15) is 5.82 Å². The summed E-state index contributed by atoms with van der Waals surface area (Å²) >= 11 is 2.13. The molecule has 0 bridgehead atoms. The molecule has 96 valence electrons. The first kappa shape index (κ1) is 13.0. The van der Waals surface area contributed by atoms with Gasteiger partial charge in [-0.3, -0.25) is 0 Å². The third kappa shape index (κ3) is 2.86. The zero-order valence-electron chi connectivity index (χ0n) is 11.1. The number of thioether (sulfide) groups is 1. The Balaban J connectivity index is 1.94. The lowest BCUT2D eigenvalue weighted by molar-refractivity contribution is 0.400. The van der Waals surface area contributed by atoms with Gasteiger partial charge >= 0.3 is 0 Å². The highest BCUT2D eigenvalue weighted by atomic mass is 32.2. The van der Waals surface area contributed by atoms with Gasteiger partial charge in [-0.1, -0.05) is 0 Å². The lowest BCUT2D eigenvalue weighted by Gasteiger charge is -2.33. The van der Waals surface area contributed by atoms with Crippen molar-refractivity contribution in [2.24, 2.45) is 7.05 Å². The number of rotatable bonds is 5. The number of hydrogen-bond donors (Lipinski definition) is 1. The van der Waals surface area contributed by atoms with Crippen LogP contribution < -0.4 is 5.32 Å². The van der Waals surface area contributed by atoms with E-state index in [4.69, 9.17) is 0 Å². The summed E-state index contributed by atoms with van der Waals surface area (Å²) < 4.78 is 2.54. The Hall–Kier alpha value is -0.480. The SMILES string of the molecule is CNC(CCc1nccn1C)C1(C)CCCS1. The summed E-state index contributed by atoms with van der Waals surface area (Å²) in [5.74, 6) is 2.51. The Morgan fingerprint density at radius 2 is 2.47 bits per heavy atom. The third-order valence-electron chi connectivity index (χ3n) is 3.91. The molecule has 0 spiro atoms. The first-order valence-corrected chi connectivity index (χ1v) is 7.42. The Kier molecular flexibility index (Phi) is 4.15. The summed E-state index contributed by atoms with van der Waals surface area (Å²) in [5.41, 5.74) is 0. The monoisotopic (exact) mass is 253 g/mol. The minimum atomic E-state index is 0.417. The standard InChI is InChI=1S/C13H23N3S/c1-13(7-4-10-17-13)11(14-2)5-6-12-15-8-9-16(12)3/h8-9,11,14H,4-7,10H2,1-3H3. The van der Waals surface area contributed by atoms with Crippen molar-refractivity contribution in [2.45, 2.75) is 43.4 Å². The van der Waals surface area contributed by atoms with E-state index in [2.05, 4.69) is 47.6 Å². The molecule has 0 radical (unpaired) electrons. The molecule has 1 aromatic heterocycles. The zero-order chi connectivity index (χ0) is 12.3. The van der Waals surface area contributed by atoms with Crippen LogP contribution >= 0.6 is 11.8 Å². The molecule has 2 rings (SSSR count). The Labute approximate surface area is 108 Å². The van der Waals surface area contributed by atoms with Crippen LogP contribution in [0.15, 0.2) is 12.4 Å². The van der Waals surface area contributed by atoms with Crippen molar-refractivity contribution in [1.29, 1.82) is 0 Å². The molecule has 2 heterocycles. The van der Waals surface area contributed by atoms with E-state index >= 15 is 0 Å². The van der Waals surface area contributed by atoms with Crippen LogP contribution in [0.4, 0.5) is 0 Å². The number of aryl methyl sites for hydroxylation is 2. The predicted molar refractivity (Wildman–Crippen MR) is 74.5 cm³/mol. The van der Waals surface area contributed by atoms with E-state index in [0.717, 1.165) is 6.42 Å². The molecule has 1 saturated heterocycles. The largest absolute Gasteiger partial charge is 0.338 e. The van der Waals surface area contributed by atoms with E-state index in [9.17, 15) is 0 Å². The molecule has 2 unspecified atom stereocenters. The molecule has 1 N–H and O–H groups in total. The summed E-state index contributed by atoms with van der Waals surface area (Å²) in [5, 5.41) is 3.51. The highest BCUT2D eigenvalue weighted by molar-refractivity contribution is 8.00. The van der Waals surface area contributed by atoms with Crippen molar-refractivity contribution in [3.63, 3.8) is 0 Å². The average molecular weight is 253 g/mol. The molecule has 4 heteroatoms. The maximum absolute atomic E-state index is 4.40. The number of nitrogens with zero attached hydrogens (tertiary/aromatic N) is 2. The van der Waals surface area contributed by atoms with Gasteiger partial charge in [0.05, 0.1) is 0 Å². The molecule has 0 amide bonds. The van der Waals surface area contributed by atoms with E-state index in [1.165, 1.54) is 30.8 Å². The first-order valence-electron chi connectivity index (χ1n) is 6.43. The topological polar surface area (TPSA) is 29.9 Å². The van der Waals surface area contributed by atoms with Crippen LogP contribution in [0.3, 0.4) is 0 Å². The van der Waals surface area contributed by atoms with Crippen LogP contribution in [0, 0.1) is 0 Å². The normalized spacial score (nSPS) is 26.3. The Morgan fingerprint density at radius 1 is 1.65 bits per heavy atom. The fourth-order valence-electron chi connectivity index (χ4n) is 2.74. The Morgan fingerprint density at radius 3 is 3.00 bits per heavy atom. The first-order chi connectivity index (χ1) is 8.15. The minimum absolute atomic E-state index is 0.417. The Bertz CT molecular complexity index is 355. The maximum atomic E-state index is 4.40. The molecule has 1 aliphatic heterocycles. The van der Waals surface area contributed by atoms with Crippen LogP contribution in [0.2, 0.25) is 0 Å². The molecule has 2 atom stereocenters. The second-order valence-electron chi connectivity index (χ2n) is 5.10. The lowest BCUT2D eigenvalue weighted by atomic mass is 9.92. The fraction of sp³-hybridized carbons (Fsp3) is 0.769. The maximum Gasteiger partial charge on any atom is 0.108 e. The molecule has 1 fully saturated rings. The van der Waals surface area contributed by atoms with E-state index in [-0.39, 0.29) is 0 Å². The number of nitrogens with one attached hydrogen (secondary N) is 1. The average Bonchev–Trinajstić information content (AvgIpc) is 2.90. The van der Waals surface area contributed by atoms with Gasteiger partial charge in [0, 0.05) is 36.7 Å². The van der Waals surface area contributed by atoms with E-state index in [1.54, 1.807) is 0 Å². The third-order valence-corrected chi connectivity index (χ3v) is 5.55. The van der Waals surface area contributed by atoms with Crippen LogP contribution in [0.25, 0.3) is 0 Å². The van der Waals surface area contributed by atoms with E-state index < -0.39 is 0 Å². The second kappa shape index (κ2) is 5.44. The summed E-state index contributed by atoms with van der Waals surface area (Å²) in [6, 6.07) is 0.590. The molecule has 3 nitrogen and oxygen atoms in total. The van der Waals surface area contributed by atoms with Gasteiger partial charge in [-0.05, 0) is 39.0 Å². The second-order valence-corrected chi connectivity index (χ2v) is 6.73. The molecule has 0 aliphatic carbocycles. The summed E-state index contributed by atoms with van der Waals surface area (Å²) in [4.78, 5) is 4.40. The molecular weight excluding hydrogens is 230 g/mol. The highest BCUT2D eigenvalue weighted by Crippen LogP contribution is 2.41. The van der Waals surface area contributed by atoms with Gasteiger partial charge < -0.3 is 9.88 Å². The van der Waals surface area contributed by atoms with Gasteiger partial charge in [0.2, 0.25) is 0 Å². The van der Waals surface area contributed by atoms with Crippen molar-refractivity contribution in [3.8, 4) is 0 Å². The van der Waals surface area contributed by atoms with Crippen LogP contribution in [-0.4, -0.2) is 33.1 Å². The molecule has 17 heavy (non-hydrogen) atoms. The van der Waals surface area contributed by atoms with Gasteiger partial charge in [-0.25, -0.2) is 4.98 Å². The summed E-state index contributed by atoms with van der Waals surface area (Å²) in [6.45, 7) is 2.41. The fourth-order valence-corrected chi connectivity index (χ4v) is 4.22. The zero-order valence-corrected chi connectivity index (χ0v) is 11.9. The number of imidazole rings is 1. The van der Waals surface area contributed by atoms with Gasteiger partial charge in [0.15, 0.2) is 0 Å². The minimum Gasteiger partial charge on any atom is -0.338 e. The molecular formula is C13H23N3S. The number of hydrogen-bond acceptors (Lipinski definition) is 3. The van der Waals surface area contributed by atoms with Gasteiger partial charge in [-0.15, -0.1) is 0 Å². The van der Waals surface area contributed by atoms with E-state index in [1.807, 2.05) is 12.4 Å². The van der Waals surface area contributed by atoms with E-state index in [0.29, 0.717) is 10.8 Å². The lowest BCUT2D eigenvalue weighted by Crippen LogP contribution is -2.43. The summed E-state index contributed by atoms with van der Waals surface area (Å²) in [6.07, 6.45) is 8.84. The van der Waals surface area contributed by atoms with Crippen molar-refractivity contribution in [1.82, 2.24) is 14.9 Å². The quantitative estimate of drug-likeness (QED) is 0.872. The summed E-state index contributed by atoms with van der Waals surface area (Å²) in [7, 11) is 4.16. The molecule has 0 aromatic carbocycles. The van der Waals surface area contributed by atoms with Crippen molar-refractivity contribution in [3.05, 3.63) is 18.2 Å². The smallest absolute Gasteiger partial charge is 0.108 e. The van der Waals surface area contributed by atoms with Crippen molar-refractivity contribution < 1.29 is 0 Å². The molecule has 0 saturated carbocycles. The number of aromatic nitrogens is 2. The molecule has 1 aromatic rings. The van der Waals surface area contributed by atoms with Gasteiger partial charge in [0.25, 0.3) is 0 Å². The van der Waals surface area contributed by atoms with Crippen LogP contribution in [0.5, 0.6) is 0 Å².